The van der Waals surface area contributed by atoms with Crippen LogP contribution in [0.2, 0.25) is 0 Å². The van der Waals surface area contributed by atoms with Gasteiger partial charge in [0.05, 0.1) is 22.5 Å². The highest BCUT2D eigenvalue weighted by atomic mass is 79.9. The Morgan fingerprint density at radius 1 is 1.22 bits per heavy atom. The van der Waals surface area contributed by atoms with Crippen molar-refractivity contribution in [3.8, 4) is 6.07 Å². The van der Waals surface area contributed by atoms with E-state index in [1.807, 2.05) is 38.1 Å². The molecule has 1 heterocycles. The van der Waals surface area contributed by atoms with Crippen LogP contribution in [-0.4, -0.2) is 10.7 Å². The van der Waals surface area contributed by atoms with Crippen molar-refractivity contribution >= 4 is 33.1 Å². The van der Waals surface area contributed by atoms with Crippen LogP contribution in [-0.2, 0) is 4.79 Å². The Bertz CT molecular complexity index is 1240. The number of hydrogen-bond donors (Lipinski definition) is 1. The van der Waals surface area contributed by atoms with E-state index in [2.05, 4.69) is 22.0 Å². The number of carbonyl (C=O) groups is 1. The fourth-order valence-electron chi connectivity index (χ4n) is 4.55. The number of rotatable bonds is 3. The molecular formula is C24H21BrN4O3. The molecular weight excluding hydrogens is 472 g/mol. The van der Waals surface area contributed by atoms with Gasteiger partial charge in [-0.05, 0) is 41.7 Å². The Kier molecular flexibility index (Phi) is 5.39. The number of hydrogen-bond acceptors (Lipinski definition) is 6. The number of ketones is 1. The summed E-state index contributed by atoms with van der Waals surface area (Å²) in [5.41, 5.74) is 8.86. The van der Waals surface area contributed by atoms with Crippen molar-refractivity contribution in [3.63, 3.8) is 0 Å². The van der Waals surface area contributed by atoms with Gasteiger partial charge in [-0.1, -0.05) is 41.9 Å². The third-order valence-corrected chi connectivity index (χ3v) is 6.41. The molecule has 0 unspecified atom stereocenters. The Balaban J connectivity index is 1.99. The van der Waals surface area contributed by atoms with Crippen LogP contribution in [0.25, 0.3) is 0 Å². The Hall–Kier alpha value is -3.44. The van der Waals surface area contributed by atoms with E-state index in [1.54, 1.807) is 17.0 Å². The van der Waals surface area contributed by atoms with Crippen LogP contribution in [0.5, 0.6) is 0 Å². The Labute approximate surface area is 194 Å². The number of halogens is 1. The van der Waals surface area contributed by atoms with E-state index in [-0.39, 0.29) is 28.3 Å². The first-order valence-corrected chi connectivity index (χ1v) is 10.9. The van der Waals surface area contributed by atoms with Gasteiger partial charge in [0, 0.05) is 40.0 Å². The minimum atomic E-state index is -0.745. The van der Waals surface area contributed by atoms with Gasteiger partial charge in [-0.25, -0.2) is 0 Å². The summed E-state index contributed by atoms with van der Waals surface area (Å²) in [5, 5.41) is 21.4. The molecule has 1 aliphatic carbocycles. The zero-order valence-corrected chi connectivity index (χ0v) is 19.2. The first kappa shape index (κ1) is 21.8. The number of anilines is 1. The Morgan fingerprint density at radius 3 is 2.53 bits per heavy atom. The molecule has 1 atom stereocenters. The summed E-state index contributed by atoms with van der Waals surface area (Å²) in [5.74, 6) is -0.587. The summed E-state index contributed by atoms with van der Waals surface area (Å²) < 4.78 is 0.894. The fraction of sp³-hybridized carbons (Fsp3) is 0.250. The van der Waals surface area contributed by atoms with E-state index < -0.39 is 10.8 Å². The van der Waals surface area contributed by atoms with Gasteiger partial charge in [-0.3, -0.25) is 19.8 Å². The van der Waals surface area contributed by atoms with Crippen molar-refractivity contribution in [2.24, 2.45) is 11.1 Å². The van der Waals surface area contributed by atoms with E-state index >= 15 is 0 Å². The molecule has 4 rings (SSSR count). The first-order valence-electron chi connectivity index (χ1n) is 10.1. The van der Waals surface area contributed by atoms with Gasteiger partial charge in [0.15, 0.2) is 5.78 Å². The minimum absolute atomic E-state index is 0.0740. The largest absolute Gasteiger partial charge is 0.384 e. The predicted molar refractivity (Wildman–Crippen MR) is 124 cm³/mol. The summed E-state index contributed by atoms with van der Waals surface area (Å²) in [6.07, 6.45) is 0.902. The van der Waals surface area contributed by atoms with Gasteiger partial charge >= 0.3 is 0 Å². The molecule has 1 aliphatic heterocycles. The predicted octanol–water partition coefficient (Wildman–Crippen LogP) is 5.30. The lowest BCUT2D eigenvalue weighted by Crippen LogP contribution is -2.42. The van der Waals surface area contributed by atoms with Crippen molar-refractivity contribution in [2.75, 3.05) is 4.90 Å². The molecule has 0 amide bonds. The quantitative estimate of drug-likeness (QED) is 0.459. The number of Topliss-reactive ketones (excluding diaryl/α,β-unsaturated/α-hetero) is 1. The molecule has 162 valence electrons. The monoisotopic (exact) mass is 492 g/mol. The van der Waals surface area contributed by atoms with Crippen LogP contribution in [0.3, 0.4) is 0 Å². The number of allylic oxidation sites excluding steroid dienone is 3. The van der Waals surface area contributed by atoms with Crippen molar-refractivity contribution in [3.05, 3.63) is 91.3 Å². The minimum Gasteiger partial charge on any atom is -0.384 e. The van der Waals surface area contributed by atoms with Crippen molar-refractivity contribution < 1.29 is 9.72 Å². The summed E-state index contributed by atoms with van der Waals surface area (Å²) in [6.45, 7) is 4.05. The second-order valence-corrected chi connectivity index (χ2v) is 9.72. The lowest BCUT2D eigenvalue weighted by atomic mass is 9.68. The zero-order chi connectivity index (χ0) is 23.2. The highest BCUT2D eigenvalue weighted by Gasteiger charge is 2.44. The summed E-state index contributed by atoms with van der Waals surface area (Å²) in [6, 6.07) is 15.7. The summed E-state index contributed by atoms with van der Waals surface area (Å²) >= 11 is 3.43. The number of carbonyl (C=O) groups excluding carboxylic acids is 1. The van der Waals surface area contributed by atoms with Crippen LogP contribution in [0.15, 0.2) is 75.7 Å². The molecule has 0 radical (unpaired) electrons. The van der Waals surface area contributed by atoms with Gasteiger partial charge in [-0.15, -0.1) is 0 Å². The molecule has 0 saturated heterocycles. The molecule has 0 bridgehead atoms. The molecule has 0 saturated carbocycles. The maximum Gasteiger partial charge on any atom is 0.269 e. The average Bonchev–Trinajstić information content (AvgIpc) is 2.73. The van der Waals surface area contributed by atoms with Crippen LogP contribution < -0.4 is 10.6 Å². The molecule has 32 heavy (non-hydrogen) atoms. The van der Waals surface area contributed by atoms with Crippen LogP contribution in [0.1, 0.15) is 38.2 Å². The number of non-ortho nitro benzene ring substituents is 1. The number of nitro benzene ring substituents is 1. The molecule has 0 fully saturated rings. The van der Waals surface area contributed by atoms with Gasteiger partial charge in [0.2, 0.25) is 0 Å². The third-order valence-electron chi connectivity index (χ3n) is 5.88. The smallest absolute Gasteiger partial charge is 0.269 e. The van der Waals surface area contributed by atoms with Gasteiger partial charge in [0.25, 0.3) is 5.69 Å². The van der Waals surface area contributed by atoms with Crippen LogP contribution in [0, 0.1) is 26.9 Å². The lowest BCUT2D eigenvalue weighted by Gasteiger charge is -2.43. The highest BCUT2D eigenvalue weighted by molar-refractivity contribution is 9.10. The molecule has 8 heteroatoms. The van der Waals surface area contributed by atoms with E-state index in [0.29, 0.717) is 24.0 Å². The second kappa shape index (κ2) is 7.92. The summed E-state index contributed by atoms with van der Waals surface area (Å²) in [7, 11) is 0. The molecule has 7 nitrogen and oxygen atoms in total. The molecule has 2 aromatic carbocycles. The van der Waals surface area contributed by atoms with E-state index in [4.69, 9.17) is 5.73 Å². The topological polar surface area (TPSA) is 113 Å². The molecule has 2 aliphatic rings. The zero-order valence-electron chi connectivity index (χ0n) is 17.6. The fourth-order valence-corrected chi connectivity index (χ4v) is 4.81. The third kappa shape index (κ3) is 3.69. The standard InChI is InChI=1S/C24H21BrN4O3/c1-24(2)11-19-22(20(30)12-24)21(14-4-3-5-17(10-14)29(31)32)18(13-26)23(27)28(19)16-8-6-15(25)7-9-16/h3-10,21H,11-12,27H2,1-2H3/t21-/m1/s1. The van der Waals surface area contributed by atoms with Crippen LogP contribution in [0.4, 0.5) is 11.4 Å². The Morgan fingerprint density at radius 2 is 1.91 bits per heavy atom. The molecule has 0 spiro atoms. The number of nitriles is 1. The SMILES string of the molecule is CC1(C)CC(=O)C2=C(C1)N(c1ccc(Br)cc1)C(N)=C(C#N)[C@H]2c1cccc([N+](=O)[O-])c1. The number of benzene rings is 2. The maximum absolute atomic E-state index is 13.4. The maximum atomic E-state index is 13.4. The van der Waals surface area contributed by atoms with Crippen molar-refractivity contribution in [2.45, 2.75) is 32.6 Å². The molecule has 2 aromatic rings. The second-order valence-electron chi connectivity index (χ2n) is 8.81. The van der Waals surface area contributed by atoms with Crippen molar-refractivity contribution in [1.82, 2.24) is 0 Å². The molecule has 2 N–H and O–H groups in total. The molecule has 0 aromatic heterocycles. The van der Waals surface area contributed by atoms with Gasteiger partial charge < -0.3 is 5.73 Å². The average molecular weight is 493 g/mol. The number of nitro groups is 1. The van der Waals surface area contributed by atoms with E-state index in [1.165, 1.54) is 12.1 Å². The van der Waals surface area contributed by atoms with Crippen LogP contribution >= 0.6 is 15.9 Å². The van der Waals surface area contributed by atoms with Crippen molar-refractivity contribution in [1.29, 1.82) is 5.26 Å². The summed E-state index contributed by atoms with van der Waals surface area (Å²) in [4.78, 5) is 26.1. The number of nitrogens with zero attached hydrogens (tertiary/aromatic N) is 3. The van der Waals surface area contributed by atoms with E-state index in [9.17, 15) is 20.2 Å². The van der Waals surface area contributed by atoms with Gasteiger partial charge in [0.1, 0.15) is 5.82 Å². The first-order chi connectivity index (χ1) is 15.1. The van der Waals surface area contributed by atoms with E-state index in [0.717, 1.165) is 15.9 Å². The van der Waals surface area contributed by atoms with Gasteiger partial charge in [-0.2, -0.15) is 5.26 Å². The number of nitrogens with two attached hydrogens (primary N) is 1. The lowest BCUT2D eigenvalue weighted by molar-refractivity contribution is -0.384. The normalized spacial score (nSPS) is 20.1. The highest BCUT2D eigenvalue weighted by Crippen LogP contribution is 2.50.